The van der Waals surface area contributed by atoms with Crippen molar-refractivity contribution in [3.05, 3.63) is 11.7 Å². The molecule has 16 heavy (non-hydrogen) atoms. The Morgan fingerprint density at radius 1 is 1.56 bits per heavy atom. The second-order valence-electron chi connectivity index (χ2n) is 4.62. The Labute approximate surface area is 96.0 Å². The van der Waals surface area contributed by atoms with E-state index in [-0.39, 0.29) is 0 Å². The topological polar surface area (TPSA) is 68.2 Å². The van der Waals surface area contributed by atoms with Gasteiger partial charge in [0, 0.05) is 25.6 Å². The molecule has 1 aromatic heterocycles. The maximum absolute atomic E-state index is 5.98. The van der Waals surface area contributed by atoms with Crippen LogP contribution in [-0.4, -0.2) is 34.2 Å². The predicted molar refractivity (Wildman–Crippen MR) is 60.7 cm³/mol. The highest BCUT2D eigenvalue weighted by Gasteiger charge is 2.23. The second kappa shape index (κ2) is 4.93. The normalized spacial score (nSPS) is 27.2. The number of piperidine rings is 1. The lowest BCUT2D eigenvalue weighted by atomic mass is 9.95. The van der Waals surface area contributed by atoms with Crippen molar-refractivity contribution in [1.82, 2.24) is 15.0 Å². The lowest BCUT2D eigenvalue weighted by Crippen LogP contribution is -2.45. The van der Waals surface area contributed by atoms with E-state index in [2.05, 4.69) is 22.0 Å². The lowest BCUT2D eigenvalue weighted by Gasteiger charge is -2.34. The zero-order valence-electron chi connectivity index (χ0n) is 10.0. The molecular weight excluding hydrogens is 204 g/mol. The van der Waals surface area contributed by atoms with Crippen LogP contribution in [0.2, 0.25) is 0 Å². The van der Waals surface area contributed by atoms with Crippen LogP contribution in [0.4, 0.5) is 0 Å². The molecule has 1 saturated heterocycles. The number of nitrogens with two attached hydrogens (primary N) is 1. The molecule has 0 bridgehead atoms. The van der Waals surface area contributed by atoms with Crippen LogP contribution in [0, 0.1) is 5.92 Å². The van der Waals surface area contributed by atoms with Gasteiger partial charge in [-0.05, 0) is 12.3 Å². The van der Waals surface area contributed by atoms with Crippen LogP contribution in [0.1, 0.15) is 32.0 Å². The third-order valence-electron chi connectivity index (χ3n) is 3.23. The molecule has 0 aromatic carbocycles. The standard InChI is InChI=1S/C11H20N4O/c1-3-11-13-10(14-16-11)7-15-5-4-9(12)8(2)6-15/h8-9H,3-7,12H2,1-2H3. The summed E-state index contributed by atoms with van der Waals surface area (Å²) in [7, 11) is 0. The van der Waals surface area contributed by atoms with Crippen LogP contribution >= 0.6 is 0 Å². The molecule has 0 radical (unpaired) electrons. The maximum atomic E-state index is 5.98. The average Bonchev–Trinajstić information content (AvgIpc) is 2.71. The third kappa shape index (κ3) is 2.59. The Morgan fingerprint density at radius 3 is 3.00 bits per heavy atom. The van der Waals surface area contributed by atoms with Gasteiger partial charge in [0.25, 0.3) is 0 Å². The van der Waals surface area contributed by atoms with Crippen molar-refractivity contribution >= 4 is 0 Å². The van der Waals surface area contributed by atoms with Gasteiger partial charge >= 0.3 is 0 Å². The summed E-state index contributed by atoms with van der Waals surface area (Å²) in [5.74, 6) is 2.06. The Hall–Kier alpha value is -0.940. The molecule has 2 N–H and O–H groups in total. The zero-order valence-corrected chi connectivity index (χ0v) is 10.0. The van der Waals surface area contributed by atoms with Gasteiger partial charge in [-0.15, -0.1) is 0 Å². The summed E-state index contributed by atoms with van der Waals surface area (Å²) < 4.78 is 5.09. The smallest absolute Gasteiger partial charge is 0.226 e. The minimum Gasteiger partial charge on any atom is -0.339 e. The van der Waals surface area contributed by atoms with E-state index in [9.17, 15) is 0 Å². The summed E-state index contributed by atoms with van der Waals surface area (Å²) >= 11 is 0. The molecule has 0 spiro atoms. The molecular formula is C11H20N4O. The minimum atomic E-state index is 0.340. The monoisotopic (exact) mass is 224 g/mol. The van der Waals surface area contributed by atoms with Crippen molar-refractivity contribution in [3.63, 3.8) is 0 Å². The molecule has 2 atom stereocenters. The van der Waals surface area contributed by atoms with E-state index in [1.807, 2.05) is 6.92 Å². The van der Waals surface area contributed by atoms with E-state index in [1.165, 1.54) is 0 Å². The fourth-order valence-corrected chi connectivity index (χ4v) is 2.09. The van der Waals surface area contributed by atoms with Crippen molar-refractivity contribution < 1.29 is 4.52 Å². The molecule has 2 rings (SSSR count). The van der Waals surface area contributed by atoms with E-state index < -0.39 is 0 Å². The first-order valence-corrected chi connectivity index (χ1v) is 5.98. The summed E-state index contributed by atoms with van der Waals surface area (Å²) in [4.78, 5) is 6.66. The number of hydrogen-bond donors (Lipinski definition) is 1. The molecule has 5 nitrogen and oxygen atoms in total. The van der Waals surface area contributed by atoms with Crippen molar-refractivity contribution in [2.45, 2.75) is 39.3 Å². The average molecular weight is 224 g/mol. The second-order valence-corrected chi connectivity index (χ2v) is 4.62. The van der Waals surface area contributed by atoms with E-state index in [0.717, 1.165) is 44.2 Å². The van der Waals surface area contributed by atoms with E-state index in [0.29, 0.717) is 12.0 Å². The van der Waals surface area contributed by atoms with Crippen LogP contribution < -0.4 is 5.73 Å². The van der Waals surface area contributed by atoms with Crippen molar-refractivity contribution in [3.8, 4) is 0 Å². The maximum Gasteiger partial charge on any atom is 0.226 e. The highest BCUT2D eigenvalue weighted by molar-refractivity contribution is 4.88. The van der Waals surface area contributed by atoms with E-state index in [4.69, 9.17) is 10.3 Å². The van der Waals surface area contributed by atoms with Gasteiger partial charge in [0.1, 0.15) is 0 Å². The Morgan fingerprint density at radius 2 is 2.38 bits per heavy atom. The van der Waals surface area contributed by atoms with Gasteiger partial charge in [0.15, 0.2) is 5.82 Å². The summed E-state index contributed by atoms with van der Waals surface area (Å²) in [6, 6.07) is 0.340. The third-order valence-corrected chi connectivity index (χ3v) is 3.23. The van der Waals surface area contributed by atoms with E-state index >= 15 is 0 Å². The molecule has 1 fully saturated rings. The number of aromatic nitrogens is 2. The summed E-state index contributed by atoms with van der Waals surface area (Å²) in [5.41, 5.74) is 5.98. The van der Waals surface area contributed by atoms with Crippen LogP contribution in [-0.2, 0) is 13.0 Å². The van der Waals surface area contributed by atoms with Gasteiger partial charge in [-0.25, -0.2) is 0 Å². The largest absolute Gasteiger partial charge is 0.339 e. The molecule has 5 heteroatoms. The van der Waals surface area contributed by atoms with Gasteiger partial charge in [0.2, 0.25) is 5.89 Å². The molecule has 1 aliphatic heterocycles. The Bertz CT molecular complexity index is 338. The predicted octanol–water partition coefficient (Wildman–Crippen LogP) is 0.801. The number of aryl methyl sites for hydroxylation is 1. The number of hydrogen-bond acceptors (Lipinski definition) is 5. The first kappa shape index (κ1) is 11.5. The number of nitrogens with zero attached hydrogens (tertiary/aromatic N) is 3. The summed E-state index contributed by atoms with van der Waals surface area (Å²) in [6.45, 7) is 7.04. The molecule has 0 saturated carbocycles. The van der Waals surface area contributed by atoms with Crippen molar-refractivity contribution in [2.75, 3.05) is 13.1 Å². The summed E-state index contributed by atoms with van der Waals surface area (Å²) in [5, 5.41) is 3.97. The number of likely N-dealkylation sites (tertiary alicyclic amines) is 1. The minimum absolute atomic E-state index is 0.340. The molecule has 0 aliphatic carbocycles. The first-order valence-electron chi connectivity index (χ1n) is 5.98. The zero-order chi connectivity index (χ0) is 11.5. The lowest BCUT2D eigenvalue weighted by molar-refractivity contribution is 0.153. The molecule has 2 heterocycles. The van der Waals surface area contributed by atoms with Crippen LogP contribution in [0.15, 0.2) is 4.52 Å². The van der Waals surface area contributed by atoms with Crippen LogP contribution in [0.3, 0.4) is 0 Å². The molecule has 1 aliphatic rings. The van der Waals surface area contributed by atoms with Crippen molar-refractivity contribution in [2.24, 2.45) is 11.7 Å². The van der Waals surface area contributed by atoms with E-state index in [1.54, 1.807) is 0 Å². The van der Waals surface area contributed by atoms with Gasteiger partial charge < -0.3 is 10.3 Å². The molecule has 90 valence electrons. The highest BCUT2D eigenvalue weighted by Crippen LogP contribution is 2.16. The Balaban J connectivity index is 1.90. The van der Waals surface area contributed by atoms with Gasteiger partial charge in [0.05, 0.1) is 6.54 Å². The van der Waals surface area contributed by atoms with Crippen LogP contribution in [0.5, 0.6) is 0 Å². The van der Waals surface area contributed by atoms with Gasteiger partial charge in [-0.2, -0.15) is 4.98 Å². The quantitative estimate of drug-likeness (QED) is 0.822. The molecule has 0 amide bonds. The number of rotatable bonds is 3. The van der Waals surface area contributed by atoms with Gasteiger partial charge in [-0.1, -0.05) is 19.0 Å². The highest BCUT2D eigenvalue weighted by atomic mass is 16.5. The molecule has 2 unspecified atom stereocenters. The van der Waals surface area contributed by atoms with Gasteiger partial charge in [-0.3, -0.25) is 4.90 Å². The SMILES string of the molecule is CCc1nc(CN2CCC(N)C(C)C2)no1. The van der Waals surface area contributed by atoms with Crippen molar-refractivity contribution in [1.29, 1.82) is 0 Å². The fourth-order valence-electron chi connectivity index (χ4n) is 2.09. The first-order chi connectivity index (χ1) is 7.69. The Kier molecular flexibility index (Phi) is 3.56. The molecule has 1 aromatic rings. The summed E-state index contributed by atoms with van der Waals surface area (Å²) in [6.07, 6.45) is 1.86. The fraction of sp³-hybridized carbons (Fsp3) is 0.818. The van der Waals surface area contributed by atoms with Crippen LogP contribution in [0.25, 0.3) is 0 Å².